The molecule has 0 spiro atoms. The van der Waals surface area contributed by atoms with Crippen LogP contribution in [0.2, 0.25) is 0 Å². The van der Waals surface area contributed by atoms with Crippen molar-refractivity contribution in [2.24, 2.45) is 0 Å². The summed E-state index contributed by atoms with van der Waals surface area (Å²) in [6.45, 7) is -0.468. The molecule has 1 aromatic carbocycles. The third kappa shape index (κ3) is 4.33. The quantitative estimate of drug-likeness (QED) is 0.628. The fourth-order valence-electron chi connectivity index (χ4n) is 2.11. The lowest BCUT2D eigenvalue weighted by molar-refractivity contribution is -0.119. The van der Waals surface area contributed by atoms with E-state index in [9.17, 15) is 14.4 Å². The highest BCUT2D eigenvalue weighted by Crippen LogP contribution is 2.21. The topological polar surface area (TPSA) is 125 Å². The van der Waals surface area contributed by atoms with Gasteiger partial charge in [0.1, 0.15) is 11.2 Å². The highest BCUT2D eigenvalue weighted by molar-refractivity contribution is 7.12. The van der Waals surface area contributed by atoms with Crippen LogP contribution in [0.1, 0.15) is 20.0 Å². The number of rotatable bonds is 6. The monoisotopic (exact) mass is 387 g/mol. The summed E-state index contributed by atoms with van der Waals surface area (Å²) in [4.78, 5) is 35.8. The van der Waals surface area contributed by atoms with E-state index in [2.05, 4.69) is 25.6 Å². The fraction of sp³-hybridized carbons (Fsp3) is 0.125. The minimum atomic E-state index is -0.660. The van der Waals surface area contributed by atoms with Gasteiger partial charge in [-0.05, 0) is 46.1 Å². The van der Waals surface area contributed by atoms with Crippen molar-refractivity contribution in [3.05, 3.63) is 52.5 Å². The molecule has 0 fully saturated rings. The molecule has 27 heavy (non-hydrogen) atoms. The molecular weight excluding hydrogens is 374 g/mol. The normalized spacial score (nSPS) is 10.3. The largest absolute Gasteiger partial charge is 0.465 e. The maximum atomic E-state index is 12.2. The van der Waals surface area contributed by atoms with Crippen molar-refractivity contribution in [2.75, 3.05) is 19.0 Å². The van der Waals surface area contributed by atoms with Gasteiger partial charge in [0.15, 0.2) is 6.61 Å². The number of hydrogen-bond donors (Lipinski definition) is 1. The van der Waals surface area contributed by atoms with Gasteiger partial charge < -0.3 is 14.8 Å². The second kappa shape index (κ2) is 8.19. The number of esters is 2. The number of aromatic nitrogens is 4. The van der Waals surface area contributed by atoms with Gasteiger partial charge in [0.25, 0.3) is 5.91 Å². The van der Waals surface area contributed by atoms with Gasteiger partial charge in [0.05, 0.1) is 18.4 Å². The predicted molar refractivity (Wildman–Crippen MR) is 93.7 cm³/mol. The number of benzene rings is 1. The average Bonchev–Trinajstić information content (AvgIpc) is 3.37. The van der Waals surface area contributed by atoms with Gasteiger partial charge in [-0.3, -0.25) is 4.79 Å². The SMILES string of the molecule is COC(=O)c1ccc(NC(=O)COC(=O)c2sccc2-n2cnnn2)cc1. The maximum absolute atomic E-state index is 12.2. The Bertz CT molecular complexity index is 952. The minimum Gasteiger partial charge on any atom is -0.465 e. The summed E-state index contributed by atoms with van der Waals surface area (Å²) >= 11 is 1.15. The zero-order chi connectivity index (χ0) is 19.2. The summed E-state index contributed by atoms with van der Waals surface area (Å²) in [6, 6.07) is 7.78. The Morgan fingerprint density at radius 1 is 1.15 bits per heavy atom. The van der Waals surface area contributed by atoms with Crippen LogP contribution in [0.5, 0.6) is 0 Å². The molecule has 2 heterocycles. The number of ether oxygens (including phenoxy) is 2. The lowest BCUT2D eigenvalue weighted by atomic mass is 10.2. The third-order valence-corrected chi connectivity index (χ3v) is 4.23. The molecule has 11 heteroatoms. The van der Waals surface area contributed by atoms with Crippen molar-refractivity contribution in [1.29, 1.82) is 0 Å². The van der Waals surface area contributed by atoms with E-state index in [4.69, 9.17) is 4.74 Å². The number of hydrogen-bond acceptors (Lipinski definition) is 9. The molecule has 0 bridgehead atoms. The summed E-state index contributed by atoms with van der Waals surface area (Å²) in [6.07, 6.45) is 1.35. The van der Waals surface area contributed by atoms with Gasteiger partial charge in [0.2, 0.25) is 0 Å². The molecule has 3 rings (SSSR count). The predicted octanol–water partition coefficient (Wildman–Crippen LogP) is 1.31. The Hall–Kier alpha value is -3.60. The van der Waals surface area contributed by atoms with E-state index in [1.807, 2.05) is 0 Å². The second-order valence-corrected chi connectivity index (χ2v) is 6.00. The zero-order valence-corrected chi connectivity index (χ0v) is 14.8. The molecule has 3 aromatic rings. The van der Waals surface area contributed by atoms with Crippen LogP contribution in [0.15, 0.2) is 42.0 Å². The highest BCUT2D eigenvalue weighted by Gasteiger charge is 2.18. The van der Waals surface area contributed by atoms with Crippen molar-refractivity contribution in [3.63, 3.8) is 0 Å². The second-order valence-electron chi connectivity index (χ2n) is 5.08. The van der Waals surface area contributed by atoms with E-state index >= 15 is 0 Å². The lowest BCUT2D eigenvalue weighted by Gasteiger charge is -2.07. The molecule has 0 aliphatic heterocycles. The van der Waals surface area contributed by atoms with Crippen molar-refractivity contribution in [2.45, 2.75) is 0 Å². The van der Waals surface area contributed by atoms with E-state index < -0.39 is 24.5 Å². The van der Waals surface area contributed by atoms with Crippen molar-refractivity contribution >= 4 is 34.9 Å². The molecule has 0 saturated heterocycles. The van der Waals surface area contributed by atoms with Crippen LogP contribution in [-0.2, 0) is 14.3 Å². The van der Waals surface area contributed by atoms with E-state index in [0.717, 1.165) is 11.3 Å². The molecule has 0 saturated carbocycles. The van der Waals surface area contributed by atoms with Crippen molar-refractivity contribution in [1.82, 2.24) is 20.2 Å². The first kappa shape index (κ1) is 18.2. The molecule has 0 radical (unpaired) electrons. The summed E-state index contributed by atoms with van der Waals surface area (Å²) in [5.74, 6) is -1.66. The van der Waals surface area contributed by atoms with Gasteiger partial charge >= 0.3 is 11.9 Å². The van der Waals surface area contributed by atoms with E-state index in [1.165, 1.54) is 30.3 Å². The van der Waals surface area contributed by atoms with E-state index in [-0.39, 0.29) is 4.88 Å². The Labute approximate surface area is 156 Å². The molecule has 10 nitrogen and oxygen atoms in total. The standard InChI is InChI=1S/C16H13N5O5S/c1-25-15(23)10-2-4-11(5-3-10)18-13(22)8-26-16(24)14-12(6-7-27-14)21-9-17-19-20-21/h2-7,9H,8H2,1H3,(H,18,22). The third-order valence-electron chi connectivity index (χ3n) is 3.35. The molecule has 138 valence electrons. The van der Waals surface area contributed by atoms with Gasteiger partial charge in [-0.2, -0.15) is 4.68 Å². The van der Waals surface area contributed by atoms with Crippen LogP contribution in [-0.4, -0.2) is 51.8 Å². The fourth-order valence-corrected chi connectivity index (χ4v) is 2.88. The number of nitrogens with one attached hydrogen (secondary N) is 1. The molecule has 0 aliphatic carbocycles. The molecule has 1 N–H and O–H groups in total. The van der Waals surface area contributed by atoms with Gasteiger partial charge in [0, 0.05) is 5.69 Å². The Morgan fingerprint density at radius 2 is 1.93 bits per heavy atom. The summed E-state index contributed by atoms with van der Waals surface area (Å²) in [7, 11) is 1.28. The summed E-state index contributed by atoms with van der Waals surface area (Å²) < 4.78 is 11.0. The van der Waals surface area contributed by atoms with E-state index in [0.29, 0.717) is 16.9 Å². The number of amides is 1. The van der Waals surface area contributed by atoms with Gasteiger partial charge in [-0.1, -0.05) is 0 Å². The number of tetrazole rings is 1. The average molecular weight is 387 g/mol. The first-order valence-electron chi connectivity index (χ1n) is 7.54. The number of carbonyl (C=O) groups is 3. The molecular formula is C16H13N5O5S. The highest BCUT2D eigenvalue weighted by atomic mass is 32.1. The van der Waals surface area contributed by atoms with Gasteiger partial charge in [-0.15, -0.1) is 16.4 Å². The lowest BCUT2D eigenvalue weighted by Crippen LogP contribution is -2.21. The Morgan fingerprint density at radius 3 is 2.59 bits per heavy atom. The van der Waals surface area contributed by atoms with Crippen LogP contribution in [0, 0.1) is 0 Å². The number of anilines is 1. The molecule has 0 aliphatic rings. The van der Waals surface area contributed by atoms with Crippen molar-refractivity contribution < 1.29 is 23.9 Å². The summed E-state index contributed by atoms with van der Waals surface area (Å²) in [5.41, 5.74) is 1.28. The maximum Gasteiger partial charge on any atom is 0.351 e. The number of thiophene rings is 1. The van der Waals surface area contributed by atoms with Gasteiger partial charge in [-0.25, -0.2) is 9.59 Å². The smallest absolute Gasteiger partial charge is 0.351 e. The molecule has 1 amide bonds. The van der Waals surface area contributed by atoms with Crippen LogP contribution >= 0.6 is 11.3 Å². The molecule has 2 aromatic heterocycles. The van der Waals surface area contributed by atoms with Crippen LogP contribution < -0.4 is 5.32 Å². The van der Waals surface area contributed by atoms with Crippen LogP contribution in [0.25, 0.3) is 5.69 Å². The van der Waals surface area contributed by atoms with E-state index in [1.54, 1.807) is 23.6 Å². The van der Waals surface area contributed by atoms with Crippen LogP contribution in [0.3, 0.4) is 0 Å². The molecule has 0 atom stereocenters. The summed E-state index contributed by atoms with van der Waals surface area (Å²) in [5, 5.41) is 15.0. The first-order chi connectivity index (χ1) is 13.1. The zero-order valence-electron chi connectivity index (χ0n) is 14.0. The Kier molecular flexibility index (Phi) is 5.52. The van der Waals surface area contributed by atoms with Crippen LogP contribution in [0.4, 0.5) is 5.69 Å². The number of nitrogens with zero attached hydrogens (tertiary/aromatic N) is 4. The number of methoxy groups -OCH3 is 1. The Balaban J connectivity index is 1.56. The number of carbonyl (C=O) groups excluding carboxylic acids is 3. The van der Waals surface area contributed by atoms with Crippen molar-refractivity contribution in [3.8, 4) is 5.69 Å². The minimum absolute atomic E-state index is 0.275. The first-order valence-corrected chi connectivity index (χ1v) is 8.42. The molecule has 0 unspecified atom stereocenters.